The third-order valence-electron chi connectivity index (χ3n) is 3.96. The summed E-state index contributed by atoms with van der Waals surface area (Å²) in [7, 11) is 2.05. The lowest BCUT2D eigenvalue weighted by Crippen LogP contribution is -2.34. The highest BCUT2D eigenvalue weighted by Crippen LogP contribution is 2.07. The van der Waals surface area contributed by atoms with Crippen molar-refractivity contribution in [1.29, 1.82) is 0 Å². The third kappa shape index (κ3) is 17.3. The van der Waals surface area contributed by atoms with Crippen molar-refractivity contribution in [1.82, 2.24) is 10.2 Å². The quantitative estimate of drug-likeness (QED) is 0.257. The molecule has 1 amide bonds. The lowest BCUT2D eigenvalue weighted by molar-refractivity contribution is -0.117. The minimum atomic E-state index is 0.0113. The van der Waals surface area contributed by atoms with Gasteiger partial charge in [-0.05, 0) is 45.4 Å². The predicted molar refractivity (Wildman–Crippen MR) is 98.3 cm³/mol. The maximum Gasteiger partial charge on any atom is 0.244 e. The summed E-state index contributed by atoms with van der Waals surface area (Å²) in [6, 6.07) is 0. The molecule has 0 saturated carbocycles. The summed E-state index contributed by atoms with van der Waals surface area (Å²) in [4.78, 5) is 13.8. The van der Waals surface area contributed by atoms with Gasteiger partial charge in [0, 0.05) is 6.61 Å². The van der Waals surface area contributed by atoms with Crippen molar-refractivity contribution in [3.8, 4) is 0 Å². The lowest BCUT2D eigenvalue weighted by Gasteiger charge is -2.16. The van der Waals surface area contributed by atoms with E-state index in [-0.39, 0.29) is 5.91 Å². The van der Waals surface area contributed by atoms with Gasteiger partial charge in [0.05, 0.1) is 6.67 Å². The zero-order valence-electron chi connectivity index (χ0n) is 15.4. The fraction of sp³-hybridized carbons (Fsp3) is 0.842. The van der Waals surface area contributed by atoms with Crippen LogP contribution < -0.4 is 5.32 Å². The van der Waals surface area contributed by atoms with Crippen LogP contribution in [0.3, 0.4) is 0 Å². The molecule has 0 spiro atoms. The van der Waals surface area contributed by atoms with E-state index in [9.17, 15) is 4.79 Å². The Morgan fingerprint density at radius 1 is 1.00 bits per heavy atom. The van der Waals surface area contributed by atoms with Crippen molar-refractivity contribution >= 4 is 5.91 Å². The Morgan fingerprint density at radius 2 is 1.65 bits per heavy atom. The highest BCUT2D eigenvalue weighted by Gasteiger charge is 2.00. The first kappa shape index (κ1) is 22.1. The van der Waals surface area contributed by atoms with E-state index in [4.69, 9.17) is 5.11 Å². The average Bonchev–Trinajstić information content (AvgIpc) is 2.55. The molecular formula is C19H38N2O2. The Morgan fingerprint density at radius 3 is 2.30 bits per heavy atom. The van der Waals surface area contributed by atoms with Crippen LogP contribution in [-0.4, -0.2) is 42.8 Å². The molecule has 4 heteroatoms. The second-order valence-corrected chi connectivity index (χ2v) is 6.38. The van der Waals surface area contributed by atoms with Crippen molar-refractivity contribution < 1.29 is 9.90 Å². The van der Waals surface area contributed by atoms with Crippen LogP contribution in [-0.2, 0) is 4.79 Å². The monoisotopic (exact) mass is 326 g/mol. The Balaban J connectivity index is 3.41. The van der Waals surface area contributed by atoms with Gasteiger partial charge in [0.2, 0.25) is 5.91 Å². The van der Waals surface area contributed by atoms with E-state index in [1.807, 2.05) is 13.1 Å². The zero-order chi connectivity index (χ0) is 17.2. The van der Waals surface area contributed by atoms with E-state index < -0.39 is 0 Å². The third-order valence-corrected chi connectivity index (χ3v) is 3.96. The van der Waals surface area contributed by atoms with E-state index >= 15 is 0 Å². The van der Waals surface area contributed by atoms with Gasteiger partial charge in [0.1, 0.15) is 0 Å². The van der Waals surface area contributed by atoms with Crippen molar-refractivity contribution in [2.75, 3.05) is 26.9 Å². The molecule has 0 aliphatic rings. The number of hydrogen-bond donors (Lipinski definition) is 2. The molecule has 136 valence electrons. The Hall–Kier alpha value is -0.870. The van der Waals surface area contributed by atoms with Crippen molar-refractivity contribution in [2.24, 2.45) is 0 Å². The van der Waals surface area contributed by atoms with Crippen LogP contribution in [0.5, 0.6) is 0 Å². The molecule has 0 bridgehead atoms. The van der Waals surface area contributed by atoms with Gasteiger partial charge in [0.25, 0.3) is 0 Å². The number of hydrogen-bond acceptors (Lipinski definition) is 3. The molecule has 0 rings (SSSR count). The number of aliphatic hydroxyl groups excluding tert-OH is 1. The van der Waals surface area contributed by atoms with Gasteiger partial charge >= 0.3 is 0 Å². The average molecular weight is 327 g/mol. The van der Waals surface area contributed by atoms with Gasteiger partial charge in [0.15, 0.2) is 0 Å². The molecular weight excluding hydrogens is 288 g/mol. The Bertz CT molecular complexity index is 293. The maximum atomic E-state index is 11.6. The van der Waals surface area contributed by atoms with Crippen LogP contribution in [0.1, 0.15) is 77.6 Å². The van der Waals surface area contributed by atoms with Gasteiger partial charge in [-0.15, -0.1) is 0 Å². The van der Waals surface area contributed by atoms with Crippen LogP contribution in [0.25, 0.3) is 0 Å². The highest BCUT2D eigenvalue weighted by molar-refractivity contribution is 5.87. The molecule has 0 aromatic carbocycles. The molecule has 0 fully saturated rings. The molecule has 0 atom stereocenters. The number of rotatable bonds is 16. The molecule has 0 aliphatic heterocycles. The van der Waals surface area contributed by atoms with Crippen molar-refractivity contribution in [3.05, 3.63) is 12.2 Å². The second kappa shape index (κ2) is 17.5. The minimum absolute atomic E-state index is 0.0113. The predicted octanol–water partition coefficient (Wildman–Crippen LogP) is 3.85. The smallest absolute Gasteiger partial charge is 0.244 e. The largest absolute Gasteiger partial charge is 0.396 e. The number of allylic oxidation sites excluding steroid dienone is 1. The summed E-state index contributed by atoms with van der Waals surface area (Å²) < 4.78 is 0. The molecule has 0 aliphatic carbocycles. The first-order chi connectivity index (χ1) is 11.2. The first-order valence-corrected chi connectivity index (χ1v) is 9.44. The minimum Gasteiger partial charge on any atom is -0.396 e. The number of nitrogens with zero attached hydrogens (tertiary/aromatic N) is 1. The standard InChI is InChI=1S/C19H38N2O2/c1-3-4-5-9-12-15-19(23)20-18-21(2)16-13-10-7-6-8-11-14-17-22/h12,15,22H,3-11,13-14,16-18H2,1-2H3,(H,20,23)/b15-12+. The SMILES string of the molecule is CCCCC/C=C/C(=O)NCN(C)CCCCCCCCCO. The number of aliphatic hydroxyl groups is 1. The normalized spacial score (nSPS) is 11.5. The van der Waals surface area contributed by atoms with Gasteiger partial charge in [-0.25, -0.2) is 0 Å². The van der Waals surface area contributed by atoms with Crippen LogP contribution in [0.2, 0.25) is 0 Å². The number of nitrogens with one attached hydrogen (secondary N) is 1. The summed E-state index contributed by atoms with van der Waals surface area (Å²) in [5.74, 6) is 0.0113. The lowest BCUT2D eigenvalue weighted by atomic mass is 10.1. The van der Waals surface area contributed by atoms with E-state index in [0.29, 0.717) is 13.3 Å². The van der Waals surface area contributed by atoms with Crippen LogP contribution in [0, 0.1) is 0 Å². The Kier molecular flexibility index (Phi) is 16.8. The highest BCUT2D eigenvalue weighted by atomic mass is 16.2. The Labute approximate surface area is 143 Å². The van der Waals surface area contributed by atoms with E-state index in [1.165, 1.54) is 51.4 Å². The summed E-state index contributed by atoms with van der Waals surface area (Å²) >= 11 is 0. The summed E-state index contributed by atoms with van der Waals surface area (Å²) in [5, 5.41) is 11.6. The van der Waals surface area contributed by atoms with E-state index in [1.54, 1.807) is 6.08 Å². The van der Waals surface area contributed by atoms with Crippen molar-refractivity contribution in [3.63, 3.8) is 0 Å². The summed E-state index contributed by atoms with van der Waals surface area (Å²) in [5.41, 5.74) is 0. The van der Waals surface area contributed by atoms with Crippen molar-refractivity contribution in [2.45, 2.75) is 77.6 Å². The first-order valence-electron chi connectivity index (χ1n) is 9.44. The fourth-order valence-electron chi connectivity index (χ4n) is 2.43. The maximum absolute atomic E-state index is 11.6. The zero-order valence-corrected chi connectivity index (χ0v) is 15.4. The summed E-state index contributed by atoms with van der Waals surface area (Å²) in [6.07, 6.45) is 16.5. The summed E-state index contributed by atoms with van der Waals surface area (Å²) in [6.45, 7) is 4.15. The van der Waals surface area contributed by atoms with Crippen LogP contribution in [0.15, 0.2) is 12.2 Å². The molecule has 4 nitrogen and oxygen atoms in total. The van der Waals surface area contributed by atoms with Gasteiger partial charge < -0.3 is 10.4 Å². The fourth-order valence-corrected chi connectivity index (χ4v) is 2.43. The number of amides is 1. The molecule has 0 heterocycles. The van der Waals surface area contributed by atoms with Gasteiger partial charge in [-0.1, -0.05) is 57.9 Å². The molecule has 2 N–H and O–H groups in total. The number of unbranched alkanes of at least 4 members (excludes halogenated alkanes) is 9. The molecule has 0 aromatic heterocycles. The van der Waals surface area contributed by atoms with Crippen LogP contribution >= 0.6 is 0 Å². The molecule has 0 radical (unpaired) electrons. The molecule has 0 aromatic rings. The second-order valence-electron chi connectivity index (χ2n) is 6.38. The number of carbonyl (C=O) groups excluding carboxylic acids is 1. The van der Waals surface area contributed by atoms with E-state index in [2.05, 4.69) is 17.1 Å². The van der Waals surface area contributed by atoms with Crippen LogP contribution in [0.4, 0.5) is 0 Å². The topological polar surface area (TPSA) is 52.6 Å². The van der Waals surface area contributed by atoms with E-state index in [0.717, 1.165) is 25.8 Å². The van der Waals surface area contributed by atoms with Gasteiger partial charge in [-0.2, -0.15) is 0 Å². The molecule has 0 unspecified atom stereocenters. The molecule has 23 heavy (non-hydrogen) atoms. The van der Waals surface area contributed by atoms with Gasteiger partial charge in [-0.3, -0.25) is 9.69 Å². The molecule has 0 saturated heterocycles. The number of carbonyl (C=O) groups is 1.